The summed E-state index contributed by atoms with van der Waals surface area (Å²) in [7, 11) is 0. The first-order valence-corrected chi connectivity index (χ1v) is 3.29. The number of carbonyl (C=O) groups excluding carboxylic acids is 1. The third-order valence-corrected chi connectivity index (χ3v) is 1.49. The number of aromatic carboxylic acids is 1. The average molecular weight is 190 g/mol. The van der Waals surface area contributed by atoms with Gasteiger partial charge in [-0.15, -0.1) is 0 Å². The van der Waals surface area contributed by atoms with E-state index in [2.05, 4.69) is 0 Å². The van der Waals surface area contributed by atoms with E-state index in [0.717, 1.165) is 6.07 Å². The largest absolute Gasteiger partial charge is 1.00 e. The van der Waals surface area contributed by atoms with Crippen molar-refractivity contribution in [2.45, 2.75) is 6.61 Å². The van der Waals surface area contributed by atoms with E-state index < -0.39 is 5.97 Å². The van der Waals surface area contributed by atoms with Crippen LogP contribution in [0.15, 0.2) is 18.2 Å². The fourth-order valence-electron chi connectivity index (χ4n) is 0.825. The van der Waals surface area contributed by atoms with E-state index in [9.17, 15) is 9.90 Å². The number of benzene rings is 1. The molecule has 0 heterocycles. The minimum Gasteiger partial charge on any atom is -0.545 e. The van der Waals surface area contributed by atoms with Crippen molar-refractivity contribution in [1.82, 2.24) is 0 Å². The molecule has 0 aliphatic heterocycles. The quantitative estimate of drug-likeness (QED) is 0.469. The van der Waals surface area contributed by atoms with Crippen LogP contribution in [-0.4, -0.2) is 16.2 Å². The van der Waals surface area contributed by atoms with Gasteiger partial charge >= 0.3 is 29.6 Å². The third kappa shape index (κ3) is 3.00. The van der Waals surface area contributed by atoms with Crippen LogP contribution in [0, 0.1) is 0 Å². The summed E-state index contributed by atoms with van der Waals surface area (Å²) in [5.74, 6) is -1.59. The SMILES string of the molecule is O=C([O-])c1ccc(CO)c(O)c1.[Na+]. The van der Waals surface area contributed by atoms with Crippen LogP contribution >= 0.6 is 0 Å². The summed E-state index contributed by atoms with van der Waals surface area (Å²) in [6.07, 6.45) is 0. The Kier molecular flexibility index (Phi) is 5.02. The predicted octanol–water partition coefficient (Wildman–Crippen LogP) is -3.75. The minimum absolute atomic E-state index is 0. The molecule has 0 aromatic heterocycles. The standard InChI is InChI=1S/C8H8O4.Na/c9-4-6-2-1-5(8(11)12)3-7(6)10;/h1-3,9-10H,4H2,(H,11,12);/q;+1/p-1. The van der Waals surface area contributed by atoms with Crippen molar-refractivity contribution in [2.75, 3.05) is 0 Å². The van der Waals surface area contributed by atoms with E-state index in [4.69, 9.17) is 10.2 Å². The van der Waals surface area contributed by atoms with Crippen LogP contribution in [0.25, 0.3) is 0 Å². The van der Waals surface area contributed by atoms with Crippen molar-refractivity contribution in [2.24, 2.45) is 0 Å². The normalized spacial score (nSPS) is 9.00. The smallest absolute Gasteiger partial charge is 0.545 e. The molecule has 2 N–H and O–H groups in total. The van der Waals surface area contributed by atoms with Crippen molar-refractivity contribution in [1.29, 1.82) is 0 Å². The van der Waals surface area contributed by atoms with Gasteiger partial charge in [0, 0.05) is 11.1 Å². The molecule has 0 radical (unpaired) electrons. The first kappa shape index (κ1) is 12.4. The predicted molar refractivity (Wildman–Crippen MR) is 38.4 cm³/mol. The van der Waals surface area contributed by atoms with Crippen molar-refractivity contribution < 1.29 is 49.7 Å². The molecule has 0 fully saturated rings. The van der Waals surface area contributed by atoms with E-state index >= 15 is 0 Å². The Morgan fingerprint density at radius 3 is 2.46 bits per heavy atom. The molecule has 1 aromatic carbocycles. The van der Waals surface area contributed by atoms with E-state index in [1.54, 1.807) is 0 Å². The molecule has 0 amide bonds. The maximum Gasteiger partial charge on any atom is 1.00 e. The molecule has 0 saturated heterocycles. The van der Waals surface area contributed by atoms with Crippen molar-refractivity contribution in [3.63, 3.8) is 0 Å². The van der Waals surface area contributed by atoms with E-state index in [0.29, 0.717) is 5.56 Å². The maximum atomic E-state index is 10.3. The summed E-state index contributed by atoms with van der Waals surface area (Å²) < 4.78 is 0. The molecule has 0 unspecified atom stereocenters. The zero-order valence-corrected chi connectivity index (χ0v) is 9.15. The van der Waals surface area contributed by atoms with Crippen molar-refractivity contribution >= 4 is 5.97 Å². The van der Waals surface area contributed by atoms with Crippen LogP contribution in [0.2, 0.25) is 0 Å². The van der Waals surface area contributed by atoms with Crippen LogP contribution in [0.4, 0.5) is 0 Å². The summed E-state index contributed by atoms with van der Waals surface area (Å²) in [6.45, 7) is -0.320. The van der Waals surface area contributed by atoms with E-state index in [1.807, 2.05) is 0 Å². The Morgan fingerprint density at radius 2 is 2.08 bits per heavy atom. The fourth-order valence-corrected chi connectivity index (χ4v) is 0.825. The van der Waals surface area contributed by atoms with Crippen molar-refractivity contribution in [3.05, 3.63) is 29.3 Å². The number of carboxylic acids is 1. The van der Waals surface area contributed by atoms with E-state index in [1.165, 1.54) is 12.1 Å². The molecule has 0 saturated carbocycles. The number of carbonyl (C=O) groups is 1. The molecule has 5 heteroatoms. The van der Waals surface area contributed by atoms with Gasteiger partial charge in [-0.25, -0.2) is 0 Å². The number of aliphatic hydroxyl groups excluding tert-OH is 1. The Labute approximate surface area is 97.1 Å². The van der Waals surface area contributed by atoms with Crippen LogP contribution in [0.3, 0.4) is 0 Å². The van der Waals surface area contributed by atoms with Gasteiger partial charge in [-0.1, -0.05) is 12.1 Å². The summed E-state index contributed by atoms with van der Waals surface area (Å²) in [5.41, 5.74) is 0.185. The second-order valence-electron chi connectivity index (χ2n) is 2.29. The number of carboxylic acid groups (broad SMARTS) is 1. The number of hydrogen-bond donors (Lipinski definition) is 2. The van der Waals surface area contributed by atoms with Gasteiger partial charge in [-0.2, -0.15) is 0 Å². The molecule has 4 nitrogen and oxygen atoms in total. The number of aliphatic hydroxyl groups is 1. The van der Waals surface area contributed by atoms with Gasteiger partial charge < -0.3 is 20.1 Å². The molecule has 0 aliphatic rings. The van der Waals surface area contributed by atoms with Crippen molar-refractivity contribution in [3.8, 4) is 5.75 Å². The fraction of sp³-hybridized carbons (Fsp3) is 0.125. The van der Waals surface area contributed by atoms with Crippen LogP contribution in [0.1, 0.15) is 15.9 Å². The summed E-state index contributed by atoms with van der Waals surface area (Å²) >= 11 is 0. The third-order valence-electron chi connectivity index (χ3n) is 1.49. The zero-order chi connectivity index (χ0) is 9.14. The summed E-state index contributed by atoms with van der Waals surface area (Å²) in [5, 5.41) is 28.0. The van der Waals surface area contributed by atoms with Gasteiger partial charge in [0.15, 0.2) is 0 Å². The number of aromatic hydroxyl groups is 1. The van der Waals surface area contributed by atoms with Gasteiger partial charge in [0.2, 0.25) is 0 Å². The molecular formula is C8H7NaO4. The molecule has 0 aliphatic carbocycles. The Bertz CT molecular complexity index is 311. The summed E-state index contributed by atoms with van der Waals surface area (Å²) in [6, 6.07) is 3.64. The maximum absolute atomic E-state index is 10.3. The topological polar surface area (TPSA) is 80.6 Å². The van der Waals surface area contributed by atoms with Gasteiger partial charge in [-0.3, -0.25) is 0 Å². The van der Waals surface area contributed by atoms with Gasteiger partial charge in [0.1, 0.15) is 5.75 Å². The molecule has 0 atom stereocenters. The molecule has 64 valence electrons. The monoisotopic (exact) mass is 190 g/mol. The number of rotatable bonds is 2. The van der Waals surface area contributed by atoms with E-state index in [-0.39, 0.29) is 47.5 Å². The average Bonchev–Trinajstić information content (AvgIpc) is 2.04. The first-order chi connectivity index (χ1) is 5.65. The van der Waals surface area contributed by atoms with Crippen LogP contribution < -0.4 is 34.7 Å². The van der Waals surface area contributed by atoms with Gasteiger partial charge in [0.05, 0.1) is 12.6 Å². The van der Waals surface area contributed by atoms with Crippen LogP contribution in [0.5, 0.6) is 5.75 Å². The minimum atomic E-state index is -1.35. The number of phenols is 1. The molecular weight excluding hydrogens is 183 g/mol. The summed E-state index contributed by atoms with van der Waals surface area (Å²) in [4.78, 5) is 10.3. The molecule has 1 rings (SSSR count). The first-order valence-electron chi connectivity index (χ1n) is 3.29. The second kappa shape index (κ2) is 5.24. The van der Waals surface area contributed by atoms with Crippen LogP contribution in [-0.2, 0) is 6.61 Å². The Morgan fingerprint density at radius 1 is 1.46 bits per heavy atom. The zero-order valence-electron chi connectivity index (χ0n) is 7.15. The van der Waals surface area contributed by atoms with Gasteiger partial charge in [-0.05, 0) is 6.07 Å². The Hall–Kier alpha value is -0.550. The number of hydrogen-bond acceptors (Lipinski definition) is 4. The second-order valence-corrected chi connectivity index (χ2v) is 2.29. The molecule has 0 spiro atoms. The molecule has 0 bridgehead atoms. The Balaban J connectivity index is 0.00000144. The molecule has 13 heavy (non-hydrogen) atoms. The van der Waals surface area contributed by atoms with Gasteiger partial charge in [0.25, 0.3) is 0 Å². The molecule has 1 aromatic rings.